The first kappa shape index (κ1) is 16.5. The lowest BCUT2D eigenvalue weighted by Gasteiger charge is -2.32. The summed E-state index contributed by atoms with van der Waals surface area (Å²) < 4.78 is 5.51. The largest absolute Gasteiger partial charge is 0.381 e. The second-order valence-corrected chi connectivity index (χ2v) is 5.97. The summed E-state index contributed by atoms with van der Waals surface area (Å²) in [6, 6.07) is 11.8. The number of nitrogens with one attached hydrogen (secondary N) is 1. The molecule has 1 aromatic carbocycles. The average Bonchev–Trinajstić information content (AvgIpc) is 3.06. The topological polar surface area (TPSA) is 24.5 Å². The van der Waals surface area contributed by atoms with Gasteiger partial charge in [-0.1, -0.05) is 44.2 Å². The molecular formula is C18H30N2O. The van der Waals surface area contributed by atoms with Crippen molar-refractivity contribution in [3.63, 3.8) is 0 Å². The fourth-order valence-corrected chi connectivity index (χ4v) is 3.21. The second-order valence-electron chi connectivity index (χ2n) is 5.97. The molecule has 3 nitrogen and oxygen atoms in total. The van der Waals surface area contributed by atoms with Gasteiger partial charge in [0.05, 0.1) is 6.61 Å². The van der Waals surface area contributed by atoms with Crippen LogP contribution < -0.4 is 5.32 Å². The molecule has 21 heavy (non-hydrogen) atoms. The second kappa shape index (κ2) is 8.52. The van der Waals surface area contributed by atoms with Gasteiger partial charge in [0.2, 0.25) is 0 Å². The molecule has 0 bridgehead atoms. The molecule has 3 heteroatoms. The van der Waals surface area contributed by atoms with Crippen molar-refractivity contribution in [2.45, 2.75) is 39.3 Å². The number of benzene rings is 1. The van der Waals surface area contributed by atoms with Crippen LogP contribution >= 0.6 is 0 Å². The molecule has 1 aliphatic rings. The zero-order valence-corrected chi connectivity index (χ0v) is 13.7. The third-order valence-corrected chi connectivity index (χ3v) is 4.74. The normalized spacial score (nSPS) is 21.6. The standard InChI is InChI=1S/C18H30N2O/c1-4-20(5-2)18(16-9-7-6-8-10-16)13-19-15(3)17-11-12-21-14-17/h6-10,15,17-19H,4-5,11-14H2,1-3H3. The SMILES string of the molecule is CCN(CC)C(CNC(C)C1CCOC1)c1ccccc1. The zero-order valence-electron chi connectivity index (χ0n) is 13.7. The summed E-state index contributed by atoms with van der Waals surface area (Å²) in [6.45, 7) is 11.8. The number of nitrogens with zero attached hydrogens (tertiary/aromatic N) is 1. The van der Waals surface area contributed by atoms with E-state index in [0.717, 1.165) is 32.8 Å². The van der Waals surface area contributed by atoms with Crippen LogP contribution in [0.15, 0.2) is 30.3 Å². The van der Waals surface area contributed by atoms with E-state index >= 15 is 0 Å². The smallest absolute Gasteiger partial charge is 0.0509 e. The summed E-state index contributed by atoms with van der Waals surface area (Å²) in [5.41, 5.74) is 1.41. The molecule has 1 fully saturated rings. The first-order valence-electron chi connectivity index (χ1n) is 8.36. The molecule has 0 aliphatic carbocycles. The van der Waals surface area contributed by atoms with E-state index in [1.807, 2.05) is 0 Å². The van der Waals surface area contributed by atoms with Crippen molar-refractivity contribution in [3.05, 3.63) is 35.9 Å². The van der Waals surface area contributed by atoms with Gasteiger partial charge in [-0.2, -0.15) is 0 Å². The van der Waals surface area contributed by atoms with E-state index in [-0.39, 0.29) is 0 Å². The fourth-order valence-electron chi connectivity index (χ4n) is 3.21. The van der Waals surface area contributed by atoms with Crippen LogP contribution in [0.5, 0.6) is 0 Å². The molecule has 1 N–H and O–H groups in total. The Hall–Kier alpha value is -0.900. The van der Waals surface area contributed by atoms with Crippen LogP contribution in [0.4, 0.5) is 0 Å². The highest BCUT2D eigenvalue weighted by Crippen LogP contribution is 2.21. The predicted octanol–water partition coefficient (Wildman–Crippen LogP) is 3.08. The molecule has 3 unspecified atom stereocenters. The van der Waals surface area contributed by atoms with E-state index in [1.165, 1.54) is 12.0 Å². The van der Waals surface area contributed by atoms with Gasteiger partial charge in [0, 0.05) is 25.2 Å². The Kier molecular flexibility index (Phi) is 6.68. The quantitative estimate of drug-likeness (QED) is 0.796. The van der Waals surface area contributed by atoms with Crippen LogP contribution in [0.1, 0.15) is 38.8 Å². The Morgan fingerprint density at radius 2 is 1.95 bits per heavy atom. The highest BCUT2D eigenvalue weighted by Gasteiger charge is 2.24. The summed E-state index contributed by atoms with van der Waals surface area (Å²) in [4.78, 5) is 2.53. The molecule has 118 valence electrons. The van der Waals surface area contributed by atoms with Crippen molar-refractivity contribution in [1.29, 1.82) is 0 Å². The van der Waals surface area contributed by atoms with Crippen LogP contribution in [0.2, 0.25) is 0 Å². The van der Waals surface area contributed by atoms with Crippen molar-refractivity contribution < 1.29 is 4.74 Å². The van der Waals surface area contributed by atoms with Crippen LogP contribution in [0.25, 0.3) is 0 Å². The monoisotopic (exact) mass is 290 g/mol. The molecule has 3 atom stereocenters. The van der Waals surface area contributed by atoms with Crippen LogP contribution in [-0.4, -0.2) is 43.8 Å². The van der Waals surface area contributed by atoms with E-state index in [2.05, 4.69) is 61.3 Å². The Morgan fingerprint density at radius 3 is 2.52 bits per heavy atom. The Labute approximate surface area is 129 Å². The van der Waals surface area contributed by atoms with E-state index in [4.69, 9.17) is 4.74 Å². The maximum absolute atomic E-state index is 5.51. The van der Waals surface area contributed by atoms with Crippen molar-refractivity contribution in [3.8, 4) is 0 Å². The van der Waals surface area contributed by atoms with Gasteiger partial charge >= 0.3 is 0 Å². The molecule has 1 saturated heterocycles. The third kappa shape index (κ3) is 4.53. The number of hydrogen-bond acceptors (Lipinski definition) is 3. The maximum Gasteiger partial charge on any atom is 0.0509 e. The van der Waals surface area contributed by atoms with Crippen molar-refractivity contribution >= 4 is 0 Å². The van der Waals surface area contributed by atoms with Gasteiger partial charge in [-0.05, 0) is 37.9 Å². The molecule has 1 heterocycles. The Balaban J connectivity index is 1.98. The van der Waals surface area contributed by atoms with Gasteiger partial charge in [-0.15, -0.1) is 0 Å². The third-order valence-electron chi connectivity index (χ3n) is 4.74. The molecule has 2 rings (SSSR count). The molecule has 0 spiro atoms. The molecule has 0 amide bonds. The Bertz CT molecular complexity index is 385. The van der Waals surface area contributed by atoms with Gasteiger partial charge in [-0.3, -0.25) is 4.90 Å². The summed E-state index contributed by atoms with van der Waals surface area (Å²) in [5, 5.41) is 3.75. The van der Waals surface area contributed by atoms with E-state index in [0.29, 0.717) is 18.0 Å². The number of rotatable bonds is 8. The van der Waals surface area contributed by atoms with Gasteiger partial charge in [0.1, 0.15) is 0 Å². The summed E-state index contributed by atoms with van der Waals surface area (Å²) in [5.74, 6) is 0.665. The van der Waals surface area contributed by atoms with Crippen LogP contribution in [0, 0.1) is 5.92 Å². The number of ether oxygens (including phenoxy) is 1. The summed E-state index contributed by atoms with van der Waals surface area (Å²) in [7, 11) is 0. The molecule has 0 radical (unpaired) electrons. The van der Waals surface area contributed by atoms with Gasteiger partial charge in [-0.25, -0.2) is 0 Å². The maximum atomic E-state index is 5.51. The highest BCUT2D eigenvalue weighted by atomic mass is 16.5. The minimum atomic E-state index is 0.450. The first-order valence-corrected chi connectivity index (χ1v) is 8.36. The zero-order chi connectivity index (χ0) is 15.1. The lowest BCUT2D eigenvalue weighted by atomic mass is 9.99. The molecular weight excluding hydrogens is 260 g/mol. The minimum absolute atomic E-state index is 0.450. The van der Waals surface area contributed by atoms with Crippen molar-refractivity contribution in [1.82, 2.24) is 10.2 Å². The lowest BCUT2D eigenvalue weighted by Crippen LogP contribution is -2.41. The molecule has 0 aromatic heterocycles. The van der Waals surface area contributed by atoms with E-state index < -0.39 is 0 Å². The Morgan fingerprint density at radius 1 is 1.24 bits per heavy atom. The minimum Gasteiger partial charge on any atom is -0.381 e. The van der Waals surface area contributed by atoms with Gasteiger partial charge in [0.15, 0.2) is 0 Å². The fraction of sp³-hybridized carbons (Fsp3) is 0.667. The molecule has 1 aromatic rings. The summed E-state index contributed by atoms with van der Waals surface area (Å²) >= 11 is 0. The van der Waals surface area contributed by atoms with E-state index in [9.17, 15) is 0 Å². The van der Waals surface area contributed by atoms with E-state index in [1.54, 1.807) is 0 Å². The predicted molar refractivity (Wildman–Crippen MR) is 88.5 cm³/mol. The molecule has 0 saturated carbocycles. The average molecular weight is 290 g/mol. The first-order chi connectivity index (χ1) is 10.3. The molecule has 1 aliphatic heterocycles. The van der Waals surface area contributed by atoms with Gasteiger partial charge < -0.3 is 10.1 Å². The van der Waals surface area contributed by atoms with Crippen molar-refractivity contribution in [2.75, 3.05) is 32.8 Å². The van der Waals surface area contributed by atoms with Crippen LogP contribution in [-0.2, 0) is 4.74 Å². The highest BCUT2D eigenvalue weighted by molar-refractivity contribution is 5.19. The number of hydrogen-bond donors (Lipinski definition) is 1. The van der Waals surface area contributed by atoms with Gasteiger partial charge in [0.25, 0.3) is 0 Å². The van der Waals surface area contributed by atoms with Crippen molar-refractivity contribution in [2.24, 2.45) is 5.92 Å². The van der Waals surface area contributed by atoms with Crippen LogP contribution in [0.3, 0.4) is 0 Å². The lowest BCUT2D eigenvalue weighted by molar-refractivity contribution is 0.172. The number of likely N-dealkylation sites (N-methyl/N-ethyl adjacent to an activating group) is 1. The summed E-state index contributed by atoms with van der Waals surface area (Å²) in [6.07, 6.45) is 1.19.